The zero-order valence-corrected chi connectivity index (χ0v) is 8.37. The van der Waals surface area contributed by atoms with Crippen molar-refractivity contribution >= 4 is 17.4 Å². The second-order valence-corrected chi connectivity index (χ2v) is 3.29. The average Bonchev–Trinajstić information content (AvgIpc) is 2.20. The number of nitrogens with two attached hydrogens (primary N) is 1. The lowest BCUT2D eigenvalue weighted by molar-refractivity contribution is 0.631. The molecule has 3 nitrogen and oxygen atoms in total. The Hall–Kier alpha value is -1.68. The summed E-state index contributed by atoms with van der Waals surface area (Å²) in [5.41, 5.74) is 6.04. The SMILES string of the molecule is Nc1nccnc1-c1c(F)cccc1Cl. The zero-order valence-electron chi connectivity index (χ0n) is 7.61. The monoisotopic (exact) mass is 223 g/mol. The fraction of sp³-hybridized carbons (Fsp3) is 0. The van der Waals surface area contributed by atoms with Crippen LogP contribution in [0.25, 0.3) is 11.3 Å². The normalized spacial score (nSPS) is 10.3. The first-order valence-corrected chi connectivity index (χ1v) is 4.59. The molecule has 0 aliphatic carbocycles. The third-order valence-corrected chi connectivity index (χ3v) is 2.24. The van der Waals surface area contributed by atoms with E-state index in [-0.39, 0.29) is 22.1 Å². The zero-order chi connectivity index (χ0) is 10.8. The third kappa shape index (κ3) is 1.76. The molecule has 0 atom stereocenters. The van der Waals surface area contributed by atoms with Crippen LogP contribution < -0.4 is 5.73 Å². The Bertz CT molecular complexity index is 482. The van der Waals surface area contributed by atoms with Crippen molar-refractivity contribution in [1.82, 2.24) is 9.97 Å². The predicted molar refractivity (Wildman–Crippen MR) is 56.8 cm³/mol. The minimum Gasteiger partial charge on any atom is -0.382 e. The van der Waals surface area contributed by atoms with Gasteiger partial charge in [-0.05, 0) is 12.1 Å². The second kappa shape index (κ2) is 3.82. The number of benzene rings is 1. The highest BCUT2D eigenvalue weighted by Gasteiger charge is 2.13. The number of hydrogen-bond acceptors (Lipinski definition) is 3. The van der Waals surface area contributed by atoms with Gasteiger partial charge in [-0.2, -0.15) is 0 Å². The first-order chi connectivity index (χ1) is 7.20. The van der Waals surface area contributed by atoms with Gasteiger partial charge in [0.15, 0.2) is 0 Å². The standard InChI is InChI=1S/C10H7ClFN3/c11-6-2-1-3-7(12)8(6)9-10(13)15-5-4-14-9/h1-5H,(H2,13,15). The van der Waals surface area contributed by atoms with E-state index in [2.05, 4.69) is 9.97 Å². The van der Waals surface area contributed by atoms with Crippen LogP contribution in [0.2, 0.25) is 5.02 Å². The number of hydrogen-bond donors (Lipinski definition) is 1. The molecule has 0 saturated carbocycles. The summed E-state index contributed by atoms with van der Waals surface area (Å²) in [5, 5.41) is 0.266. The first kappa shape index (κ1) is 9.86. The molecule has 2 N–H and O–H groups in total. The molecule has 2 aromatic rings. The van der Waals surface area contributed by atoms with Gasteiger partial charge in [0.1, 0.15) is 17.3 Å². The molecule has 0 unspecified atom stereocenters. The predicted octanol–water partition coefficient (Wildman–Crippen LogP) is 2.52. The van der Waals surface area contributed by atoms with E-state index in [1.807, 2.05) is 0 Å². The van der Waals surface area contributed by atoms with Gasteiger partial charge in [-0.15, -0.1) is 0 Å². The maximum absolute atomic E-state index is 13.5. The van der Waals surface area contributed by atoms with Crippen LogP contribution in [-0.2, 0) is 0 Å². The molecular formula is C10H7ClFN3. The minimum atomic E-state index is -0.463. The van der Waals surface area contributed by atoms with Crippen molar-refractivity contribution in [2.45, 2.75) is 0 Å². The molecule has 15 heavy (non-hydrogen) atoms. The van der Waals surface area contributed by atoms with Crippen molar-refractivity contribution in [2.75, 3.05) is 5.73 Å². The van der Waals surface area contributed by atoms with Crippen LogP contribution in [0.4, 0.5) is 10.2 Å². The fourth-order valence-electron chi connectivity index (χ4n) is 1.27. The summed E-state index contributed by atoms with van der Waals surface area (Å²) in [7, 11) is 0. The second-order valence-electron chi connectivity index (χ2n) is 2.89. The largest absolute Gasteiger partial charge is 0.382 e. The van der Waals surface area contributed by atoms with E-state index in [9.17, 15) is 4.39 Å². The summed E-state index contributed by atoms with van der Waals surface area (Å²) in [6.07, 6.45) is 2.88. The average molecular weight is 224 g/mol. The summed E-state index contributed by atoms with van der Waals surface area (Å²) in [5.74, 6) is -0.306. The molecule has 0 aliphatic rings. The van der Waals surface area contributed by atoms with Crippen LogP contribution in [0, 0.1) is 5.82 Å². The number of nitrogen functional groups attached to an aromatic ring is 1. The molecule has 0 radical (unpaired) electrons. The molecule has 2 rings (SSSR count). The Morgan fingerprint density at radius 3 is 2.60 bits per heavy atom. The lowest BCUT2D eigenvalue weighted by Crippen LogP contribution is -1.98. The Morgan fingerprint density at radius 2 is 1.93 bits per heavy atom. The summed E-state index contributed by atoms with van der Waals surface area (Å²) >= 11 is 5.87. The summed E-state index contributed by atoms with van der Waals surface area (Å²) < 4.78 is 13.5. The molecule has 1 heterocycles. The summed E-state index contributed by atoms with van der Waals surface area (Å²) in [6, 6.07) is 4.40. The van der Waals surface area contributed by atoms with Crippen molar-refractivity contribution in [1.29, 1.82) is 0 Å². The van der Waals surface area contributed by atoms with Gasteiger partial charge >= 0.3 is 0 Å². The molecule has 1 aromatic carbocycles. The van der Waals surface area contributed by atoms with Gasteiger partial charge in [-0.25, -0.2) is 9.37 Å². The summed E-state index contributed by atoms with van der Waals surface area (Å²) in [6.45, 7) is 0. The topological polar surface area (TPSA) is 51.8 Å². The van der Waals surface area contributed by atoms with Crippen molar-refractivity contribution in [3.05, 3.63) is 41.4 Å². The van der Waals surface area contributed by atoms with Gasteiger partial charge in [0.2, 0.25) is 0 Å². The van der Waals surface area contributed by atoms with E-state index in [0.29, 0.717) is 0 Å². The number of nitrogens with zero attached hydrogens (tertiary/aromatic N) is 2. The first-order valence-electron chi connectivity index (χ1n) is 4.21. The summed E-state index contributed by atoms with van der Waals surface area (Å²) in [4.78, 5) is 7.79. The highest BCUT2D eigenvalue weighted by molar-refractivity contribution is 6.33. The highest BCUT2D eigenvalue weighted by atomic mass is 35.5. The smallest absolute Gasteiger partial charge is 0.150 e. The number of halogens is 2. The van der Waals surface area contributed by atoms with Gasteiger partial charge in [0.05, 0.1) is 10.6 Å². The van der Waals surface area contributed by atoms with E-state index in [4.69, 9.17) is 17.3 Å². The van der Waals surface area contributed by atoms with Crippen LogP contribution in [0.5, 0.6) is 0 Å². The van der Waals surface area contributed by atoms with Gasteiger partial charge in [-0.3, -0.25) is 4.98 Å². The van der Waals surface area contributed by atoms with Crippen LogP contribution in [0.3, 0.4) is 0 Å². The molecule has 76 valence electrons. The van der Waals surface area contributed by atoms with E-state index in [1.54, 1.807) is 6.07 Å². The Kier molecular flexibility index (Phi) is 2.51. The number of rotatable bonds is 1. The Balaban J connectivity index is 2.69. The highest BCUT2D eigenvalue weighted by Crippen LogP contribution is 2.31. The van der Waals surface area contributed by atoms with Crippen LogP contribution in [0.1, 0.15) is 0 Å². The van der Waals surface area contributed by atoms with Gasteiger partial charge in [0, 0.05) is 12.4 Å². The number of aromatic nitrogens is 2. The van der Waals surface area contributed by atoms with E-state index in [0.717, 1.165) is 0 Å². The van der Waals surface area contributed by atoms with Crippen molar-refractivity contribution in [3.8, 4) is 11.3 Å². The Labute approximate surface area is 90.7 Å². The van der Waals surface area contributed by atoms with Gasteiger partial charge in [0.25, 0.3) is 0 Å². The van der Waals surface area contributed by atoms with E-state index < -0.39 is 5.82 Å². The lowest BCUT2D eigenvalue weighted by atomic mass is 10.1. The van der Waals surface area contributed by atoms with Crippen LogP contribution in [-0.4, -0.2) is 9.97 Å². The number of anilines is 1. The lowest BCUT2D eigenvalue weighted by Gasteiger charge is -2.06. The molecule has 0 spiro atoms. The fourth-order valence-corrected chi connectivity index (χ4v) is 1.52. The van der Waals surface area contributed by atoms with Crippen molar-refractivity contribution < 1.29 is 4.39 Å². The van der Waals surface area contributed by atoms with Gasteiger partial charge < -0.3 is 5.73 Å². The molecule has 0 fully saturated rings. The quantitative estimate of drug-likeness (QED) is 0.808. The molecule has 0 saturated heterocycles. The van der Waals surface area contributed by atoms with Crippen molar-refractivity contribution in [2.24, 2.45) is 0 Å². The molecule has 0 bridgehead atoms. The Morgan fingerprint density at radius 1 is 1.20 bits per heavy atom. The molecule has 0 aliphatic heterocycles. The molecule has 1 aromatic heterocycles. The van der Waals surface area contributed by atoms with Gasteiger partial charge in [-0.1, -0.05) is 17.7 Å². The van der Waals surface area contributed by atoms with Crippen molar-refractivity contribution in [3.63, 3.8) is 0 Å². The van der Waals surface area contributed by atoms with Crippen LogP contribution >= 0.6 is 11.6 Å². The molecular weight excluding hydrogens is 217 g/mol. The van der Waals surface area contributed by atoms with E-state index >= 15 is 0 Å². The van der Waals surface area contributed by atoms with Crippen LogP contribution in [0.15, 0.2) is 30.6 Å². The molecule has 0 amide bonds. The minimum absolute atomic E-state index is 0.157. The maximum atomic E-state index is 13.5. The van der Waals surface area contributed by atoms with E-state index in [1.165, 1.54) is 24.5 Å². The maximum Gasteiger partial charge on any atom is 0.150 e. The third-order valence-electron chi connectivity index (χ3n) is 1.93. The molecule has 5 heteroatoms.